The molecular weight excluding hydrogens is 434 g/mol. The number of imide groups is 1. The lowest BCUT2D eigenvalue weighted by Crippen LogP contribution is -2.36. The van der Waals surface area contributed by atoms with E-state index in [0.717, 1.165) is 17.7 Å². The molecule has 4 heterocycles. The molecule has 10 heteroatoms. The van der Waals surface area contributed by atoms with Crippen LogP contribution in [0.4, 0.5) is 0 Å². The number of carbonyl (C=O) groups excluding carboxylic acids is 3. The number of carbonyl (C=O) groups is 3. The highest BCUT2D eigenvalue weighted by Gasteiger charge is 2.38. The molecule has 2 aromatic heterocycles. The summed E-state index contributed by atoms with van der Waals surface area (Å²) in [5.41, 5.74) is 0.622. The van der Waals surface area contributed by atoms with E-state index in [9.17, 15) is 14.4 Å². The van der Waals surface area contributed by atoms with Crippen LogP contribution in [-0.4, -0.2) is 52.1 Å². The Hall–Kier alpha value is -3.37. The van der Waals surface area contributed by atoms with E-state index < -0.39 is 18.0 Å². The SMILES string of the molecule is CC(OC(=O)c1ccc2c(c1)C(=O)N(CC1CCCO1)C2=O)c1nnc(-c2cccs2)o1. The maximum atomic E-state index is 12.8. The van der Waals surface area contributed by atoms with Gasteiger partial charge in [0.25, 0.3) is 23.6 Å². The molecule has 1 fully saturated rings. The molecule has 5 rings (SSSR count). The highest BCUT2D eigenvalue weighted by molar-refractivity contribution is 7.13. The van der Waals surface area contributed by atoms with Crippen molar-refractivity contribution in [3.8, 4) is 10.8 Å². The van der Waals surface area contributed by atoms with Gasteiger partial charge in [0.1, 0.15) is 0 Å². The molecular formula is C22H19N3O6S. The molecule has 1 saturated heterocycles. The minimum atomic E-state index is -0.787. The molecule has 0 aliphatic carbocycles. The fourth-order valence-electron chi connectivity index (χ4n) is 3.75. The second-order valence-corrected chi connectivity index (χ2v) is 8.53. The molecule has 0 spiro atoms. The molecule has 2 aliphatic heterocycles. The molecule has 3 aromatic rings. The molecule has 9 nitrogen and oxygen atoms in total. The Bertz CT molecular complexity index is 1180. The van der Waals surface area contributed by atoms with Crippen molar-refractivity contribution < 1.29 is 28.3 Å². The highest BCUT2D eigenvalue weighted by atomic mass is 32.1. The van der Waals surface area contributed by atoms with Gasteiger partial charge in [0.05, 0.1) is 34.2 Å². The summed E-state index contributed by atoms with van der Waals surface area (Å²) in [6, 6.07) is 8.07. The van der Waals surface area contributed by atoms with Gasteiger partial charge in [-0.1, -0.05) is 6.07 Å². The van der Waals surface area contributed by atoms with Crippen molar-refractivity contribution in [2.24, 2.45) is 0 Å². The Morgan fingerprint density at radius 3 is 2.84 bits per heavy atom. The molecule has 2 aliphatic rings. The van der Waals surface area contributed by atoms with E-state index in [1.807, 2.05) is 17.5 Å². The summed E-state index contributed by atoms with van der Waals surface area (Å²) in [4.78, 5) is 40.1. The van der Waals surface area contributed by atoms with E-state index in [0.29, 0.717) is 12.5 Å². The van der Waals surface area contributed by atoms with Gasteiger partial charge in [-0.3, -0.25) is 14.5 Å². The second kappa shape index (κ2) is 8.29. The van der Waals surface area contributed by atoms with Crippen molar-refractivity contribution >= 4 is 29.1 Å². The van der Waals surface area contributed by atoms with Gasteiger partial charge in [-0.05, 0) is 49.4 Å². The molecule has 2 amide bonds. The average molecular weight is 453 g/mol. The van der Waals surface area contributed by atoms with Crippen LogP contribution in [-0.2, 0) is 9.47 Å². The summed E-state index contributed by atoms with van der Waals surface area (Å²) in [5.74, 6) is -0.946. The van der Waals surface area contributed by atoms with Crippen molar-refractivity contribution in [3.63, 3.8) is 0 Å². The largest absolute Gasteiger partial charge is 0.449 e. The number of hydrogen-bond donors (Lipinski definition) is 0. The summed E-state index contributed by atoms with van der Waals surface area (Å²) in [6.45, 7) is 2.47. The first kappa shape index (κ1) is 20.5. The summed E-state index contributed by atoms with van der Waals surface area (Å²) in [6.07, 6.45) is 0.796. The zero-order valence-electron chi connectivity index (χ0n) is 17.1. The van der Waals surface area contributed by atoms with Gasteiger partial charge in [-0.15, -0.1) is 21.5 Å². The first-order valence-corrected chi connectivity index (χ1v) is 11.1. The van der Waals surface area contributed by atoms with Gasteiger partial charge >= 0.3 is 5.97 Å². The summed E-state index contributed by atoms with van der Waals surface area (Å²) < 4.78 is 16.6. The fourth-order valence-corrected chi connectivity index (χ4v) is 4.40. The van der Waals surface area contributed by atoms with Crippen LogP contribution >= 0.6 is 11.3 Å². The predicted octanol–water partition coefficient (Wildman–Crippen LogP) is 3.49. The number of aromatic nitrogens is 2. The van der Waals surface area contributed by atoms with Crippen molar-refractivity contribution in [1.82, 2.24) is 15.1 Å². The molecule has 164 valence electrons. The van der Waals surface area contributed by atoms with E-state index in [2.05, 4.69) is 10.2 Å². The fraction of sp³-hybridized carbons (Fsp3) is 0.318. The molecule has 1 aromatic carbocycles. The lowest BCUT2D eigenvalue weighted by atomic mass is 10.1. The monoisotopic (exact) mass is 453 g/mol. The van der Waals surface area contributed by atoms with Gasteiger partial charge in [0.15, 0.2) is 6.10 Å². The van der Waals surface area contributed by atoms with Gasteiger partial charge in [0.2, 0.25) is 0 Å². The Kier molecular flexibility index (Phi) is 5.32. The third kappa shape index (κ3) is 3.71. The number of ether oxygens (including phenoxy) is 2. The van der Waals surface area contributed by atoms with E-state index >= 15 is 0 Å². The maximum absolute atomic E-state index is 12.8. The van der Waals surface area contributed by atoms with Gasteiger partial charge in [-0.2, -0.15) is 0 Å². The van der Waals surface area contributed by atoms with Crippen LogP contribution in [0.25, 0.3) is 10.8 Å². The molecule has 0 N–H and O–H groups in total. The van der Waals surface area contributed by atoms with E-state index in [1.165, 1.54) is 34.4 Å². The number of fused-ring (bicyclic) bond motifs is 1. The Balaban J connectivity index is 1.29. The molecule has 32 heavy (non-hydrogen) atoms. The summed E-state index contributed by atoms with van der Waals surface area (Å²) in [7, 11) is 0. The quantitative estimate of drug-likeness (QED) is 0.412. The van der Waals surface area contributed by atoms with Crippen molar-refractivity contribution in [2.45, 2.75) is 32.0 Å². The van der Waals surface area contributed by atoms with Gasteiger partial charge in [-0.25, -0.2) is 4.79 Å². The van der Waals surface area contributed by atoms with Gasteiger partial charge < -0.3 is 13.9 Å². The normalized spacial score (nSPS) is 18.8. The van der Waals surface area contributed by atoms with Crippen LogP contribution in [0.3, 0.4) is 0 Å². The number of benzene rings is 1. The van der Waals surface area contributed by atoms with E-state index in [4.69, 9.17) is 13.9 Å². The van der Waals surface area contributed by atoms with Crippen LogP contribution in [0.15, 0.2) is 40.1 Å². The predicted molar refractivity (Wildman–Crippen MR) is 112 cm³/mol. The molecule has 0 bridgehead atoms. The lowest BCUT2D eigenvalue weighted by molar-refractivity contribution is 0.0279. The van der Waals surface area contributed by atoms with E-state index in [1.54, 1.807) is 6.92 Å². The van der Waals surface area contributed by atoms with Crippen molar-refractivity contribution in [2.75, 3.05) is 13.2 Å². The number of esters is 1. The minimum Gasteiger partial charge on any atom is -0.449 e. The zero-order chi connectivity index (χ0) is 22.2. The van der Waals surface area contributed by atoms with Crippen LogP contribution in [0.2, 0.25) is 0 Å². The molecule has 2 atom stereocenters. The van der Waals surface area contributed by atoms with E-state index in [-0.39, 0.29) is 41.1 Å². The number of thiophene rings is 1. The molecule has 2 unspecified atom stereocenters. The smallest absolute Gasteiger partial charge is 0.338 e. The maximum Gasteiger partial charge on any atom is 0.338 e. The van der Waals surface area contributed by atoms with Crippen LogP contribution in [0.1, 0.15) is 62.8 Å². The lowest BCUT2D eigenvalue weighted by Gasteiger charge is -2.17. The Labute approximate surface area is 186 Å². The Morgan fingerprint density at radius 2 is 2.09 bits per heavy atom. The topological polar surface area (TPSA) is 112 Å². The second-order valence-electron chi connectivity index (χ2n) is 7.59. The number of rotatable bonds is 6. The van der Waals surface area contributed by atoms with Crippen LogP contribution in [0, 0.1) is 0 Å². The number of amides is 2. The molecule has 0 radical (unpaired) electrons. The first-order valence-electron chi connectivity index (χ1n) is 10.2. The average Bonchev–Trinajstić information content (AvgIpc) is 3.59. The number of hydrogen-bond acceptors (Lipinski definition) is 9. The first-order chi connectivity index (χ1) is 15.5. The number of nitrogens with zero attached hydrogens (tertiary/aromatic N) is 3. The van der Waals surface area contributed by atoms with Crippen LogP contribution in [0.5, 0.6) is 0 Å². The van der Waals surface area contributed by atoms with Gasteiger partial charge in [0, 0.05) is 6.61 Å². The van der Waals surface area contributed by atoms with Crippen molar-refractivity contribution in [1.29, 1.82) is 0 Å². The minimum absolute atomic E-state index is 0.143. The summed E-state index contributed by atoms with van der Waals surface area (Å²) >= 11 is 1.46. The standard InChI is InChI=1S/C22H19N3O6S/c1-12(18-23-24-19(31-18)17-5-3-9-32-17)30-22(28)13-6-7-15-16(10-13)21(27)25(20(15)26)11-14-4-2-8-29-14/h3,5-7,9-10,12,14H,2,4,8,11H2,1H3. The highest BCUT2D eigenvalue weighted by Crippen LogP contribution is 2.28. The third-order valence-electron chi connectivity index (χ3n) is 5.42. The zero-order valence-corrected chi connectivity index (χ0v) is 18.0. The van der Waals surface area contributed by atoms with Crippen LogP contribution < -0.4 is 0 Å². The molecule has 0 saturated carbocycles. The summed E-state index contributed by atoms with van der Waals surface area (Å²) in [5, 5.41) is 9.83. The third-order valence-corrected chi connectivity index (χ3v) is 6.28. The Morgan fingerprint density at radius 1 is 1.25 bits per heavy atom. The van der Waals surface area contributed by atoms with Crippen molar-refractivity contribution in [3.05, 3.63) is 58.3 Å².